The molecule has 0 fully saturated rings. The fourth-order valence-corrected chi connectivity index (χ4v) is 4.17. The van der Waals surface area contributed by atoms with Crippen molar-refractivity contribution in [2.24, 2.45) is 0 Å². The number of benzene rings is 3. The van der Waals surface area contributed by atoms with Crippen LogP contribution in [0.15, 0.2) is 64.6 Å². The maximum absolute atomic E-state index is 12.7. The van der Waals surface area contributed by atoms with Crippen LogP contribution in [-0.4, -0.2) is 12.5 Å². The van der Waals surface area contributed by atoms with Crippen molar-refractivity contribution in [3.8, 4) is 11.8 Å². The smallest absolute Gasteiger partial charge is 0.266 e. The van der Waals surface area contributed by atoms with Gasteiger partial charge in [-0.25, -0.2) is 0 Å². The minimum Gasteiger partial charge on any atom is -0.494 e. The molecule has 7 heteroatoms. The molecule has 0 aliphatic heterocycles. The maximum atomic E-state index is 12.7. The Bertz CT molecular complexity index is 1270. The quantitative estimate of drug-likeness (QED) is 0.246. The average Bonchev–Trinajstić information content (AvgIpc) is 2.78. The molecule has 3 rings (SSSR count). The van der Waals surface area contributed by atoms with E-state index in [9.17, 15) is 10.1 Å². The molecule has 3 aromatic rings. The number of nitrogens with zero attached hydrogens (tertiary/aromatic N) is 1. The summed E-state index contributed by atoms with van der Waals surface area (Å²) in [6.07, 6.45) is 2.09. The van der Waals surface area contributed by atoms with Crippen molar-refractivity contribution >= 4 is 56.8 Å². The van der Waals surface area contributed by atoms with Crippen LogP contribution in [0.1, 0.15) is 29.2 Å². The minimum atomic E-state index is -0.522. The highest BCUT2D eigenvalue weighted by molar-refractivity contribution is 9.10. The van der Waals surface area contributed by atoms with Crippen LogP contribution < -0.4 is 10.1 Å². The Morgan fingerprint density at radius 2 is 1.91 bits per heavy atom. The van der Waals surface area contributed by atoms with Gasteiger partial charge in [0.1, 0.15) is 17.4 Å². The van der Waals surface area contributed by atoms with Crippen LogP contribution in [0.3, 0.4) is 0 Å². The van der Waals surface area contributed by atoms with E-state index in [0.717, 1.165) is 21.2 Å². The zero-order chi connectivity index (χ0) is 24.0. The lowest BCUT2D eigenvalue weighted by molar-refractivity contribution is -0.112. The van der Waals surface area contributed by atoms with Crippen molar-refractivity contribution in [1.82, 2.24) is 0 Å². The fourth-order valence-electron chi connectivity index (χ4n) is 3.19. The summed E-state index contributed by atoms with van der Waals surface area (Å²) in [7, 11) is 0. The van der Waals surface area contributed by atoms with Crippen molar-refractivity contribution in [1.29, 1.82) is 5.26 Å². The lowest BCUT2D eigenvalue weighted by atomic mass is 10.0. The van der Waals surface area contributed by atoms with Gasteiger partial charge in [0.25, 0.3) is 5.91 Å². The topological polar surface area (TPSA) is 62.1 Å². The summed E-state index contributed by atoms with van der Waals surface area (Å²) >= 11 is 16.1. The van der Waals surface area contributed by atoms with Gasteiger partial charge in [0.05, 0.1) is 6.61 Å². The zero-order valence-electron chi connectivity index (χ0n) is 18.1. The first-order valence-electron chi connectivity index (χ1n) is 10.2. The van der Waals surface area contributed by atoms with E-state index in [1.54, 1.807) is 18.2 Å². The lowest BCUT2D eigenvalue weighted by Gasteiger charge is -2.15. The fraction of sp³-hybridized carbons (Fsp3) is 0.154. The number of nitrogens with one attached hydrogen (secondary N) is 1. The monoisotopic (exact) mass is 542 g/mol. The van der Waals surface area contributed by atoms with Gasteiger partial charge in [0.2, 0.25) is 0 Å². The molecule has 0 bridgehead atoms. The van der Waals surface area contributed by atoms with E-state index in [1.165, 1.54) is 6.08 Å². The van der Waals surface area contributed by atoms with Crippen LogP contribution in [-0.2, 0) is 11.2 Å². The van der Waals surface area contributed by atoms with Gasteiger partial charge < -0.3 is 10.1 Å². The van der Waals surface area contributed by atoms with E-state index < -0.39 is 5.91 Å². The lowest BCUT2D eigenvalue weighted by Crippen LogP contribution is -2.13. The van der Waals surface area contributed by atoms with Crippen LogP contribution in [0.5, 0.6) is 5.75 Å². The second kappa shape index (κ2) is 11.4. The molecule has 0 heterocycles. The number of hydrogen-bond acceptors (Lipinski definition) is 3. The van der Waals surface area contributed by atoms with E-state index >= 15 is 0 Å². The van der Waals surface area contributed by atoms with Gasteiger partial charge in [-0.3, -0.25) is 4.79 Å². The van der Waals surface area contributed by atoms with Gasteiger partial charge in [-0.05, 0) is 66.9 Å². The standard InChI is InChI=1S/C26H21BrCl2N2O2/c1-3-33-25-12-17(11-22(27)21(25)13-18-6-4-5-7-23(18)28)10-19(15-30)26(32)31-20-9-8-16(2)24(29)14-20/h4-12,14H,3,13H2,1-2H3,(H,31,32)/b19-10+. The molecule has 168 valence electrons. The number of carbonyl (C=O) groups excluding carboxylic acids is 1. The molecule has 1 N–H and O–H groups in total. The van der Waals surface area contributed by atoms with Crippen molar-refractivity contribution in [2.75, 3.05) is 11.9 Å². The summed E-state index contributed by atoms with van der Waals surface area (Å²) in [4.78, 5) is 12.7. The van der Waals surface area contributed by atoms with Crippen molar-refractivity contribution in [3.05, 3.63) is 96.9 Å². The molecule has 4 nitrogen and oxygen atoms in total. The third kappa shape index (κ3) is 6.39. The van der Waals surface area contributed by atoms with E-state index in [1.807, 2.05) is 56.3 Å². The van der Waals surface area contributed by atoms with Gasteiger partial charge in [-0.1, -0.05) is 63.4 Å². The molecule has 0 aliphatic carbocycles. The maximum Gasteiger partial charge on any atom is 0.266 e. The molecule has 0 unspecified atom stereocenters. The highest BCUT2D eigenvalue weighted by atomic mass is 79.9. The van der Waals surface area contributed by atoms with Crippen molar-refractivity contribution in [3.63, 3.8) is 0 Å². The van der Waals surface area contributed by atoms with Crippen molar-refractivity contribution < 1.29 is 9.53 Å². The average molecular weight is 544 g/mol. The number of halogens is 3. The highest BCUT2D eigenvalue weighted by Crippen LogP contribution is 2.33. The second-order valence-corrected chi connectivity index (χ2v) is 8.94. The number of amides is 1. The Morgan fingerprint density at radius 3 is 2.58 bits per heavy atom. The molecular formula is C26H21BrCl2N2O2. The molecule has 0 saturated carbocycles. The first-order valence-corrected chi connectivity index (χ1v) is 11.7. The van der Waals surface area contributed by atoms with E-state index in [2.05, 4.69) is 21.2 Å². The summed E-state index contributed by atoms with van der Waals surface area (Å²) in [5.74, 6) is 0.132. The normalized spacial score (nSPS) is 11.1. The predicted molar refractivity (Wildman–Crippen MR) is 138 cm³/mol. The van der Waals surface area contributed by atoms with Crippen LogP contribution in [0.25, 0.3) is 6.08 Å². The number of nitriles is 1. The van der Waals surface area contributed by atoms with Gasteiger partial charge in [-0.15, -0.1) is 0 Å². The van der Waals surface area contributed by atoms with Crippen molar-refractivity contribution in [2.45, 2.75) is 20.3 Å². The summed E-state index contributed by atoms with van der Waals surface area (Å²) < 4.78 is 6.66. The number of aryl methyl sites for hydroxylation is 1. The summed E-state index contributed by atoms with van der Waals surface area (Å²) in [6.45, 7) is 4.24. The molecular weight excluding hydrogens is 523 g/mol. The molecule has 1 amide bonds. The molecule has 33 heavy (non-hydrogen) atoms. The molecule has 0 radical (unpaired) electrons. The molecule has 0 saturated heterocycles. The predicted octanol–water partition coefficient (Wildman–Crippen LogP) is 7.60. The molecule has 0 aliphatic rings. The van der Waals surface area contributed by atoms with Gasteiger partial charge in [0, 0.05) is 32.2 Å². The Balaban J connectivity index is 1.92. The number of anilines is 1. The zero-order valence-corrected chi connectivity index (χ0v) is 21.2. The SMILES string of the molecule is CCOc1cc(/C=C(\C#N)C(=O)Nc2ccc(C)c(Cl)c2)cc(Br)c1Cc1ccccc1Cl. The number of ether oxygens (including phenoxy) is 1. The Morgan fingerprint density at radius 1 is 1.15 bits per heavy atom. The second-order valence-electron chi connectivity index (χ2n) is 7.27. The summed E-state index contributed by atoms with van der Waals surface area (Å²) in [5.41, 5.74) is 3.93. The summed E-state index contributed by atoms with van der Waals surface area (Å²) in [5, 5.41) is 13.5. The van der Waals surface area contributed by atoms with E-state index in [4.69, 9.17) is 27.9 Å². The number of hydrogen-bond donors (Lipinski definition) is 1. The number of rotatable bonds is 7. The molecule has 0 aromatic heterocycles. The molecule has 3 aromatic carbocycles. The third-order valence-electron chi connectivity index (χ3n) is 4.91. The van der Waals surface area contributed by atoms with Crippen LogP contribution in [0.2, 0.25) is 10.0 Å². The molecule has 0 atom stereocenters. The largest absolute Gasteiger partial charge is 0.494 e. The first kappa shape index (κ1) is 24.9. The number of carbonyl (C=O) groups is 1. The minimum absolute atomic E-state index is 0.0418. The van der Waals surface area contributed by atoms with Crippen LogP contribution >= 0.6 is 39.1 Å². The van der Waals surface area contributed by atoms with E-state index in [0.29, 0.717) is 40.1 Å². The summed E-state index contributed by atoms with van der Waals surface area (Å²) in [6, 6.07) is 18.5. The third-order valence-corrected chi connectivity index (χ3v) is 6.39. The van der Waals surface area contributed by atoms with Crippen LogP contribution in [0, 0.1) is 18.3 Å². The first-order chi connectivity index (χ1) is 15.8. The highest BCUT2D eigenvalue weighted by Gasteiger charge is 2.15. The van der Waals surface area contributed by atoms with Crippen LogP contribution in [0.4, 0.5) is 5.69 Å². The van der Waals surface area contributed by atoms with E-state index in [-0.39, 0.29) is 5.57 Å². The van der Waals surface area contributed by atoms with Gasteiger partial charge in [0.15, 0.2) is 0 Å². The van der Waals surface area contributed by atoms with Gasteiger partial charge in [-0.2, -0.15) is 5.26 Å². The Labute approximate surface area is 211 Å². The van der Waals surface area contributed by atoms with Gasteiger partial charge >= 0.3 is 0 Å². The Hall–Kier alpha value is -2.78. The Kier molecular flexibility index (Phi) is 8.57. The molecule has 0 spiro atoms.